The standard InChI is InChI=1S/C10H9BrN4O2S/c11-9-3-8(1-2-10(9)12)18(16,17)15-7-4-13-6-14-5-7/h1-6,15H,12H2. The zero-order chi connectivity index (χ0) is 13.2. The Kier molecular flexibility index (Phi) is 3.48. The topological polar surface area (TPSA) is 98.0 Å². The molecule has 0 saturated heterocycles. The van der Waals surface area contributed by atoms with E-state index in [1.165, 1.54) is 36.9 Å². The van der Waals surface area contributed by atoms with Gasteiger partial charge in [0.2, 0.25) is 0 Å². The minimum atomic E-state index is -3.67. The Bertz CT molecular complexity index is 661. The molecular formula is C10H9BrN4O2S. The highest BCUT2D eigenvalue weighted by molar-refractivity contribution is 9.10. The SMILES string of the molecule is Nc1ccc(S(=O)(=O)Nc2cncnc2)cc1Br. The molecule has 0 aliphatic heterocycles. The maximum atomic E-state index is 12.0. The van der Waals surface area contributed by atoms with E-state index in [1.54, 1.807) is 0 Å². The van der Waals surface area contributed by atoms with Crippen LogP contribution in [0, 0.1) is 0 Å². The van der Waals surface area contributed by atoms with E-state index in [0.29, 0.717) is 15.8 Å². The molecule has 0 radical (unpaired) electrons. The van der Waals surface area contributed by atoms with E-state index in [-0.39, 0.29) is 4.90 Å². The number of benzene rings is 1. The van der Waals surface area contributed by atoms with Crippen molar-refractivity contribution in [3.05, 3.63) is 41.4 Å². The molecule has 1 aromatic heterocycles. The van der Waals surface area contributed by atoms with Crippen LogP contribution >= 0.6 is 15.9 Å². The Hall–Kier alpha value is -1.67. The van der Waals surface area contributed by atoms with Gasteiger partial charge in [0.1, 0.15) is 6.33 Å². The van der Waals surface area contributed by atoms with E-state index < -0.39 is 10.0 Å². The van der Waals surface area contributed by atoms with E-state index in [1.807, 2.05) is 0 Å². The minimum absolute atomic E-state index is 0.104. The Morgan fingerprint density at radius 1 is 1.22 bits per heavy atom. The maximum absolute atomic E-state index is 12.0. The van der Waals surface area contributed by atoms with E-state index in [2.05, 4.69) is 30.6 Å². The van der Waals surface area contributed by atoms with Gasteiger partial charge >= 0.3 is 0 Å². The van der Waals surface area contributed by atoms with Crippen LogP contribution in [0.3, 0.4) is 0 Å². The average Bonchev–Trinajstić information content (AvgIpc) is 2.33. The lowest BCUT2D eigenvalue weighted by atomic mass is 10.3. The van der Waals surface area contributed by atoms with Gasteiger partial charge in [-0.15, -0.1) is 0 Å². The highest BCUT2D eigenvalue weighted by atomic mass is 79.9. The van der Waals surface area contributed by atoms with Gasteiger partial charge in [-0.2, -0.15) is 0 Å². The average molecular weight is 329 g/mol. The van der Waals surface area contributed by atoms with Crippen molar-refractivity contribution >= 4 is 37.3 Å². The van der Waals surface area contributed by atoms with Crippen LogP contribution in [0.1, 0.15) is 0 Å². The molecule has 0 atom stereocenters. The molecule has 0 aliphatic carbocycles. The predicted octanol–water partition coefficient (Wildman–Crippen LogP) is 1.62. The summed E-state index contributed by atoms with van der Waals surface area (Å²) < 4.78 is 27.0. The van der Waals surface area contributed by atoms with Crippen LogP contribution in [0.5, 0.6) is 0 Å². The van der Waals surface area contributed by atoms with Crippen LogP contribution in [-0.2, 0) is 10.0 Å². The second kappa shape index (κ2) is 4.91. The quantitative estimate of drug-likeness (QED) is 0.834. The lowest BCUT2D eigenvalue weighted by Gasteiger charge is -2.08. The van der Waals surface area contributed by atoms with Gasteiger partial charge < -0.3 is 5.73 Å². The first-order valence-electron chi connectivity index (χ1n) is 4.82. The Morgan fingerprint density at radius 3 is 2.50 bits per heavy atom. The molecule has 2 rings (SSSR count). The number of halogens is 1. The molecule has 6 nitrogen and oxygen atoms in total. The summed E-state index contributed by atoms with van der Waals surface area (Å²) >= 11 is 3.18. The first kappa shape index (κ1) is 12.8. The van der Waals surface area contributed by atoms with Crippen LogP contribution in [0.25, 0.3) is 0 Å². The van der Waals surface area contributed by atoms with Crippen molar-refractivity contribution in [1.29, 1.82) is 0 Å². The smallest absolute Gasteiger partial charge is 0.262 e. The van der Waals surface area contributed by atoms with Gasteiger partial charge in [0.15, 0.2) is 0 Å². The molecule has 0 saturated carbocycles. The van der Waals surface area contributed by atoms with Crippen molar-refractivity contribution in [2.75, 3.05) is 10.5 Å². The van der Waals surface area contributed by atoms with Crippen LogP contribution in [0.2, 0.25) is 0 Å². The number of aromatic nitrogens is 2. The summed E-state index contributed by atoms with van der Waals surface area (Å²) in [5.41, 5.74) is 6.37. The summed E-state index contributed by atoms with van der Waals surface area (Å²) in [5, 5.41) is 0. The number of nitrogens with two attached hydrogens (primary N) is 1. The highest BCUT2D eigenvalue weighted by Gasteiger charge is 2.15. The normalized spacial score (nSPS) is 11.2. The summed E-state index contributed by atoms with van der Waals surface area (Å²) in [6.07, 6.45) is 4.06. The third-order valence-corrected chi connectivity index (χ3v) is 4.16. The van der Waals surface area contributed by atoms with Crippen molar-refractivity contribution in [2.45, 2.75) is 4.90 Å². The maximum Gasteiger partial charge on any atom is 0.262 e. The molecule has 0 bridgehead atoms. The lowest BCUT2D eigenvalue weighted by molar-refractivity contribution is 0.601. The number of anilines is 2. The van der Waals surface area contributed by atoms with Gasteiger partial charge in [0, 0.05) is 10.2 Å². The third kappa shape index (κ3) is 2.77. The number of hydrogen-bond acceptors (Lipinski definition) is 5. The zero-order valence-electron chi connectivity index (χ0n) is 9.04. The van der Waals surface area contributed by atoms with Crippen molar-refractivity contribution in [1.82, 2.24) is 9.97 Å². The van der Waals surface area contributed by atoms with Crippen LogP contribution in [0.15, 0.2) is 46.3 Å². The molecule has 0 amide bonds. The number of hydrogen-bond donors (Lipinski definition) is 2. The van der Waals surface area contributed by atoms with Gasteiger partial charge in [-0.05, 0) is 34.1 Å². The monoisotopic (exact) mass is 328 g/mol. The molecule has 0 spiro atoms. The number of sulfonamides is 1. The first-order valence-corrected chi connectivity index (χ1v) is 7.09. The second-order valence-corrected chi connectivity index (χ2v) is 5.95. The van der Waals surface area contributed by atoms with Gasteiger partial charge in [-0.3, -0.25) is 4.72 Å². The molecule has 0 aliphatic rings. The third-order valence-electron chi connectivity index (χ3n) is 2.10. The zero-order valence-corrected chi connectivity index (χ0v) is 11.4. The predicted molar refractivity (Wildman–Crippen MR) is 71.4 cm³/mol. The summed E-state index contributed by atoms with van der Waals surface area (Å²) in [4.78, 5) is 7.56. The van der Waals surface area contributed by atoms with Gasteiger partial charge in [0.25, 0.3) is 10.0 Å². The van der Waals surface area contributed by atoms with E-state index in [0.717, 1.165) is 0 Å². The molecular weight excluding hydrogens is 320 g/mol. The van der Waals surface area contributed by atoms with E-state index in [9.17, 15) is 8.42 Å². The van der Waals surface area contributed by atoms with Crippen LogP contribution in [0.4, 0.5) is 11.4 Å². The van der Waals surface area contributed by atoms with Gasteiger partial charge in [0.05, 0.1) is 23.0 Å². The van der Waals surface area contributed by atoms with Crippen LogP contribution < -0.4 is 10.5 Å². The van der Waals surface area contributed by atoms with Crippen molar-refractivity contribution in [3.8, 4) is 0 Å². The Morgan fingerprint density at radius 2 is 1.89 bits per heavy atom. The van der Waals surface area contributed by atoms with Crippen molar-refractivity contribution in [3.63, 3.8) is 0 Å². The summed E-state index contributed by atoms with van der Waals surface area (Å²) in [6.45, 7) is 0. The fraction of sp³-hybridized carbons (Fsp3) is 0. The van der Waals surface area contributed by atoms with Crippen molar-refractivity contribution < 1.29 is 8.42 Å². The summed E-state index contributed by atoms with van der Waals surface area (Å²) in [6, 6.07) is 4.37. The molecule has 0 fully saturated rings. The summed E-state index contributed by atoms with van der Waals surface area (Å²) in [7, 11) is -3.67. The fourth-order valence-corrected chi connectivity index (χ4v) is 2.82. The molecule has 18 heavy (non-hydrogen) atoms. The number of nitrogen functional groups attached to an aromatic ring is 1. The second-order valence-electron chi connectivity index (χ2n) is 3.42. The number of nitrogens with zero attached hydrogens (tertiary/aromatic N) is 2. The first-order chi connectivity index (χ1) is 8.49. The number of nitrogens with one attached hydrogen (secondary N) is 1. The molecule has 0 unspecified atom stereocenters. The number of rotatable bonds is 3. The summed E-state index contributed by atoms with van der Waals surface area (Å²) in [5.74, 6) is 0. The largest absolute Gasteiger partial charge is 0.398 e. The lowest BCUT2D eigenvalue weighted by Crippen LogP contribution is -2.13. The molecule has 94 valence electrons. The molecule has 2 aromatic rings. The van der Waals surface area contributed by atoms with Gasteiger partial charge in [-0.1, -0.05) is 0 Å². The molecule has 3 N–H and O–H groups in total. The Balaban J connectivity index is 2.34. The van der Waals surface area contributed by atoms with E-state index >= 15 is 0 Å². The highest BCUT2D eigenvalue weighted by Crippen LogP contribution is 2.24. The molecule has 1 aromatic carbocycles. The van der Waals surface area contributed by atoms with Crippen molar-refractivity contribution in [2.24, 2.45) is 0 Å². The molecule has 8 heteroatoms. The molecule has 1 heterocycles. The fourth-order valence-electron chi connectivity index (χ4n) is 1.24. The van der Waals surface area contributed by atoms with E-state index in [4.69, 9.17) is 5.73 Å². The Labute approximate surface area is 112 Å². The van der Waals surface area contributed by atoms with Gasteiger partial charge in [-0.25, -0.2) is 18.4 Å². The minimum Gasteiger partial charge on any atom is -0.398 e. The van der Waals surface area contributed by atoms with Crippen LogP contribution in [-0.4, -0.2) is 18.4 Å².